The van der Waals surface area contributed by atoms with Gasteiger partial charge in [0.2, 0.25) is 0 Å². The molecule has 0 aliphatic carbocycles. The van der Waals surface area contributed by atoms with Crippen LogP contribution in [0.25, 0.3) is 0 Å². The van der Waals surface area contributed by atoms with Gasteiger partial charge in [-0.3, -0.25) is 16.1 Å². The molecule has 0 rings (SSSR count). The van der Waals surface area contributed by atoms with Crippen LogP contribution in [0.1, 0.15) is 0 Å². The van der Waals surface area contributed by atoms with Gasteiger partial charge in [-0.1, -0.05) is 0 Å². The van der Waals surface area contributed by atoms with Gasteiger partial charge in [-0.2, -0.15) is 0 Å². The van der Waals surface area contributed by atoms with E-state index in [4.69, 9.17) is 10.8 Å². The van der Waals surface area contributed by atoms with E-state index in [1.165, 1.54) is 14.2 Å². The molecule has 0 aliphatic rings. The average molecular weight is 197 g/mol. The van der Waals surface area contributed by atoms with Gasteiger partial charge in [-0.25, -0.2) is 0 Å². The van der Waals surface area contributed by atoms with Gasteiger partial charge in [0.05, 0.1) is 14.2 Å². The van der Waals surface area contributed by atoms with Gasteiger partial charge in [0.15, 0.2) is 0 Å². The molecule has 54 valence electrons. The molecule has 0 aromatic carbocycles. The summed E-state index contributed by atoms with van der Waals surface area (Å²) in [5.41, 5.74) is 0. The summed E-state index contributed by atoms with van der Waals surface area (Å²) in [7, 11) is 2.66. The van der Waals surface area contributed by atoms with Gasteiger partial charge in [0.1, 0.15) is 0 Å². The number of hydrogen-bond acceptors (Lipinski definition) is 4. The number of nitrogens with one attached hydrogen (secondary N) is 3. The van der Waals surface area contributed by atoms with Crippen LogP contribution in [0.4, 0.5) is 0 Å². The van der Waals surface area contributed by atoms with Gasteiger partial charge >= 0.3 is 0 Å². The molecule has 6 heteroatoms. The van der Waals surface area contributed by atoms with Gasteiger partial charge in [0.25, 0.3) is 12.0 Å². The third-order valence-corrected chi connectivity index (χ3v) is 0.635. The van der Waals surface area contributed by atoms with Crippen LogP contribution in [-0.4, -0.2) is 26.3 Å². The molecule has 0 bridgehead atoms. The van der Waals surface area contributed by atoms with E-state index in [2.05, 4.69) is 14.8 Å². The SMILES string of the molecule is COC(=N)NC(=N)OC.[Zn]. The van der Waals surface area contributed by atoms with Crippen molar-refractivity contribution in [3.05, 3.63) is 0 Å². The third-order valence-electron chi connectivity index (χ3n) is 0.635. The quantitative estimate of drug-likeness (QED) is 0.284. The Morgan fingerprint density at radius 2 is 1.40 bits per heavy atom. The fraction of sp³-hybridized carbons (Fsp3) is 0.500. The van der Waals surface area contributed by atoms with Crippen LogP contribution in [0.3, 0.4) is 0 Å². The molecule has 5 nitrogen and oxygen atoms in total. The van der Waals surface area contributed by atoms with E-state index in [9.17, 15) is 0 Å². The fourth-order valence-corrected chi connectivity index (χ4v) is 0.205. The fourth-order valence-electron chi connectivity index (χ4n) is 0.205. The molecule has 0 aliphatic heterocycles. The van der Waals surface area contributed by atoms with E-state index in [-0.39, 0.29) is 31.5 Å². The van der Waals surface area contributed by atoms with E-state index in [1.807, 2.05) is 0 Å². The van der Waals surface area contributed by atoms with E-state index < -0.39 is 0 Å². The van der Waals surface area contributed by atoms with Gasteiger partial charge in [0, 0.05) is 19.5 Å². The summed E-state index contributed by atoms with van der Waals surface area (Å²) >= 11 is 0. The second-order valence-electron chi connectivity index (χ2n) is 1.19. The van der Waals surface area contributed by atoms with Crippen molar-refractivity contribution < 1.29 is 29.0 Å². The van der Waals surface area contributed by atoms with Crippen LogP contribution in [0, 0.1) is 10.8 Å². The van der Waals surface area contributed by atoms with E-state index >= 15 is 0 Å². The number of rotatable bonds is 0. The molecular weight excluding hydrogens is 187 g/mol. The summed E-state index contributed by atoms with van der Waals surface area (Å²) in [5.74, 6) is 0. The van der Waals surface area contributed by atoms with Crippen molar-refractivity contribution in [3.8, 4) is 0 Å². The Labute approximate surface area is 71.9 Å². The maximum Gasteiger partial charge on any atom is 0.289 e. The van der Waals surface area contributed by atoms with Crippen LogP contribution in [0.2, 0.25) is 0 Å². The van der Waals surface area contributed by atoms with Gasteiger partial charge < -0.3 is 9.47 Å². The topological polar surface area (TPSA) is 78.2 Å². The molecule has 0 unspecified atom stereocenters. The summed E-state index contributed by atoms with van der Waals surface area (Å²) < 4.78 is 8.75. The Morgan fingerprint density at radius 3 is 1.60 bits per heavy atom. The summed E-state index contributed by atoms with van der Waals surface area (Å²) in [6, 6.07) is -0.413. The Balaban J connectivity index is 0. The molecule has 0 radical (unpaired) electrons. The van der Waals surface area contributed by atoms with Crippen LogP contribution >= 0.6 is 0 Å². The van der Waals surface area contributed by atoms with E-state index in [1.54, 1.807) is 0 Å². The maximum atomic E-state index is 6.82. The van der Waals surface area contributed by atoms with Crippen molar-refractivity contribution >= 4 is 12.0 Å². The molecule has 0 spiro atoms. The number of amidine groups is 2. The predicted molar refractivity (Wildman–Crippen MR) is 32.6 cm³/mol. The molecule has 0 fully saturated rings. The largest absolute Gasteiger partial charge is 0.468 e. The number of hydrogen-bond donors (Lipinski definition) is 3. The van der Waals surface area contributed by atoms with Crippen LogP contribution in [0.5, 0.6) is 0 Å². The Morgan fingerprint density at radius 1 is 1.10 bits per heavy atom. The minimum Gasteiger partial charge on any atom is -0.468 e. The zero-order chi connectivity index (χ0) is 7.28. The van der Waals surface area contributed by atoms with Gasteiger partial charge in [-0.15, -0.1) is 0 Å². The summed E-state index contributed by atoms with van der Waals surface area (Å²) in [4.78, 5) is 0. The first-order valence-electron chi connectivity index (χ1n) is 2.22. The number of ether oxygens (including phenoxy) is 2. The van der Waals surface area contributed by atoms with Gasteiger partial charge in [-0.05, 0) is 0 Å². The molecule has 0 aromatic rings. The molecule has 3 N–H and O–H groups in total. The van der Waals surface area contributed by atoms with Crippen molar-refractivity contribution in [1.82, 2.24) is 5.32 Å². The van der Waals surface area contributed by atoms with Crippen LogP contribution in [0.15, 0.2) is 0 Å². The van der Waals surface area contributed by atoms with Crippen molar-refractivity contribution in [2.75, 3.05) is 14.2 Å². The second kappa shape index (κ2) is 6.48. The minimum absolute atomic E-state index is 0. The zero-order valence-electron chi connectivity index (χ0n) is 6.02. The molecule has 0 heterocycles. The molecule has 0 saturated heterocycles. The Kier molecular flexibility index (Phi) is 7.83. The molecule has 0 aromatic heterocycles. The van der Waals surface area contributed by atoms with Crippen molar-refractivity contribution in [2.45, 2.75) is 0 Å². The first-order chi connectivity index (χ1) is 4.20. The zero-order valence-corrected chi connectivity index (χ0v) is 8.99. The predicted octanol–water partition coefficient (Wildman–Crippen LogP) is -0.264. The molecule has 0 amide bonds. The van der Waals surface area contributed by atoms with E-state index in [0.717, 1.165) is 0 Å². The van der Waals surface area contributed by atoms with Crippen molar-refractivity contribution in [1.29, 1.82) is 10.8 Å². The minimum atomic E-state index is -0.207. The maximum absolute atomic E-state index is 6.82. The standard InChI is InChI=1S/C4H9N3O2.Zn/c1-8-3(5)7-4(6)9-2;/h1-2H3,(H3,5,6,7);. The first-order valence-corrected chi connectivity index (χ1v) is 2.22. The molecule has 10 heavy (non-hydrogen) atoms. The Bertz CT molecular complexity index is 114. The molecule has 0 atom stereocenters. The van der Waals surface area contributed by atoms with E-state index in [0.29, 0.717) is 0 Å². The first kappa shape index (κ1) is 12.1. The smallest absolute Gasteiger partial charge is 0.289 e. The van der Waals surface area contributed by atoms with Crippen LogP contribution < -0.4 is 5.32 Å². The Hall–Kier alpha value is -0.637. The molecule has 0 saturated carbocycles. The average Bonchev–Trinajstić information content (AvgIpc) is 1.87. The molecular formula is C4H9N3O2Zn. The summed E-state index contributed by atoms with van der Waals surface area (Å²) in [6.07, 6.45) is 0. The van der Waals surface area contributed by atoms with Crippen LogP contribution in [-0.2, 0) is 29.0 Å². The normalized spacial score (nSPS) is 7.00. The summed E-state index contributed by atoms with van der Waals surface area (Å²) in [6.45, 7) is 0. The third kappa shape index (κ3) is 5.50. The monoisotopic (exact) mass is 195 g/mol. The van der Waals surface area contributed by atoms with Crippen molar-refractivity contribution in [3.63, 3.8) is 0 Å². The second-order valence-corrected chi connectivity index (χ2v) is 1.19. The number of methoxy groups -OCH3 is 2. The summed E-state index contributed by atoms with van der Waals surface area (Å²) in [5, 5.41) is 15.8. The van der Waals surface area contributed by atoms with Crippen molar-refractivity contribution in [2.24, 2.45) is 0 Å².